The highest BCUT2D eigenvalue weighted by Crippen LogP contribution is 2.49. The summed E-state index contributed by atoms with van der Waals surface area (Å²) in [5.74, 6) is -1.81. The maximum absolute atomic E-state index is 14.2. The van der Waals surface area contributed by atoms with Gasteiger partial charge in [-0.05, 0) is 130 Å². The van der Waals surface area contributed by atoms with Gasteiger partial charge in [-0.3, -0.25) is 24.1 Å². The van der Waals surface area contributed by atoms with Gasteiger partial charge in [0.25, 0.3) is 5.91 Å². The maximum Gasteiger partial charge on any atom is 0.416 e. The number of benzene rings is 5. The Labute approximate surface area is 601 Å². The van der Waals surface area contributed by atoms with Gasteiger partial charge in [-0.15, -0.1) is 48.6 Å². The summed E-state index contributed by atoms with van der Waals surface area (Å²) in [6, 6.07) is 31.7. The number of thiazole rings is 1. The molecule has 1 aliphatic carbocycles. The lowest BCUT2D eigenvalue weighted by atomic mass is 9.72. The first-order valence-corrected chi connectivity index (χ1v) is 34.0. The van der Waals surface area contributed by atoms with E-state index in [2.05, 4.69) is 32.2 Å². The Hall–Kier alpha value is -7.10. The van der Waals surface area contributed by atoms with E-state index in [4.69, 9.17) is 9.47 Å². The number of anilines is 2. The number of hydrogen-bond donors (Lipinski definition) is 2. The van der Waals surface area contributed by atoms with Crippen LogP contribution in [-0.4, -0.2) is 188 Å². The summed E-state index contributed by atoms with van der Waals surface area (Å²) in [7, 11) is 5.28. The van der Waals surface area contributed by atoms with Gasteiger partial charge >= 0.3 is 18.4 Å². The normalized spacial score (nSPS) is 17.7. The predicted molar refractivity (Wildman–Crippen MR) is 377 cm³/mol. The number of rotatable bonds is 27. The Bertz CT molecular complexity index is 3660. The molecule has 1 spiro atoms. The molecule has 2 N–H and O–H groups in total. The van der Waals surface area contributed by atoms with Crippen LogP contribution in [0, 0.1) is 5.82 Å². The fourth-order valence-corrected chi connectivity index (χ4v) is 14.7. The van der Waals surface area contributed by atoms with Gasteiger partial charge in [0.15, 0.2) is 5.13 Å². The SMILES string of the molecule is CN(CCN1CCC(N(C(=O)O)c2ccccc2-c2ccccc2)CC1)C(=O)CCCCCNc1nc(CC(=O)N(C)CCCN(C)C(=O)CO[C@H]2Cc3ccccc3C23CCN(CC[C@@]2(c4ccc(F)cc4)CN(C(=O)c4cc(C(F)(F)F)cc(C(F)(F)F)c4)CO2)CC3)cs1.Cl.Cl.Cl. The van der Waals surface area contributed by atoms with Gasteiger partial charge in [0, 0.05) is 108 Å². The third-order valence-corrected chi connectivity index (χ3v) is 20.5. The lowest BCUT2D eigenvalue weighted by Crippen LogP contribution is -2.50. The Balaban J connectivity index is 0.00000468. The second-order valence-electron chi connectivity index (χ2n) is 25.9. The van der Waals surface area contributed by atoms with Crippen LogP contribution in [-0.2, 0) is 60.1 Å². The van der Waals surface area contributed by atoms with Crippen LogP contribution in [0.4, 0.5) is 46.3 Å². The molecule has 544 valence electrons. The van der Waals surface area contributed by atoms with Gasteiger partial charge in [0.2, 0.25) is 17.7 Å². The van der Waals surface area contributed by atoms with Crippen molar-refractivity contribution in [2.45, 2.75) is 113 Å². The fourth-order valence-electron chi connectivity index (χ4n) is 13.9. The summed E-state index contributed by atoms with van der Waals surface area (Å²) in [6.07, 6.45) is -4.39. The third kappa shape index (κ3) is 19.9. The predicted octanol–water partition coefficient (Wildman–Crippen LogP) is 13.6. The number of aromatic nitrogens is 1. The number of piperidine rings is 2. The monoisotopic (exact) mass is 1480 g/mol. The number of alkyl halides is 6. The molecule has 4 heterocycles. The van der Waals surface area contributed by atoms with Crippen molar-refractivity contribution in [1.29, 1.82) is 0 Å². The summed E-state index contributed by atoms with van der Waals surface area (Å²) in [4.78, 5) is 83.2. The van der Waals surface area contributed by atoms with E-state index < -0.39 is 64.6 Å². The van der Waals surface area contributed by atoms with Gasteiger partial charge in [0.1, 0.15) is 24.8 Å². The first-order valence-electron chi connectivity index (χ1n) is 33.1. The van der Waals surface area contributed by atoms with Crippen LogP contribution < -0.4 is 10.2 Å². The van der Waals surface area contributed by atoms with Crippen molar-refractivity contribution in [2.75, 3.05) is 117 Å². The van der Waals surface area contributed by atoms with Crippen LogP contribution in [0.1, 0.15) is 108 Å². The second-order valence-corrected chi connectivity index (χ2v) is 26.8. The van der Waals surface area contributed by atoms with E-state index in [1.807, 2.05) is 79.2 Å². The summed E-state index contributed by atoms with van der Waals surface area (Å²) in [6.45, 7) is 5.12. The maximum atomic E-state index is 14.2. The van der Waals surface area contributed by atoms with Gasteiger partial charge in [0.05, 0.1) is 41.6 Å². The molecule has 0 radical (unpaired) electrons. The van der Waals surface area contributed by atoms with Crippen molar-refractivity contribution in [3.63, 3.8) is 0 Å². The third-order valence-electron chi connectivity index (χ3n) is 19.6. The molecule has 2 atom stereocenters. The molecule has 0 unspecified atom stereocenters. The summed E-state index contributed by atoms with van der Waals surface area (Å²) < 4.78 is 110. The molecular formula is C72H87Cl3F7N9O8S. The molecule has 3 aliphatic heterocycles. The van der Waals surface area contributed by atoms with Gasteiger partial charge in [-0.25, -0.2) is 14.2 Å². The number of amides is 5. The van der Waals surface area contributed by atoms with E-state index in [-0.39, 0.29) is 99.1 Å². The molecule has 5 aromatic carbocycles. The molecule has 28 heteroatoms. The van der Waals surface area contributed by atoms with E-state index in [9.17, 15) is 59.8 Å². The standard InChI is InChI=1S/C72H84F7N9O8S.3ClH/c1-82(64(90)45-57-47-97-67(81-57)80-31-13-5-8-21-63(89)84(3)39-40-85-34-26-58(27-35-85)88(68(93)94)61-20-12-10-18-59(61)50-15-6-4-7-16-50)32-14-33-83(2)65(91)46-95-62-43-51-17-9-11-19-60(51)69(62)28-36-86(37-29-69)38-30-70(53-22-24-56(73)25-23-53)48-87(49-96-70)66(92)52-41-54(71(74,75)76)44-55(42-52)72(77,78)79;;;/h4,6-7,9-12,15-20,22-25,41-42,44,47,58,62H,5,8,13-14,21,26-40,43,45-46,48-49H2,1-3H3,(H,80,81)(H,93,94);3*1H/t62-,70-;;;/m0.../s1. The van der Waals surface area contributed by atoms with E-state index in [0.717, 1.165) is 71.2 Å². The van der Waals surface area contributed by atoms with E-state index >= 15 is 0 Å². The number of fused-ring (bicyclic) bond motifs is 2. The molecular weight excluding hydrogens is 1390 g/mol. The molecule has 6 aromatic rings. The molecule has 0 bridgehead atoms. The number of unbranched alkanes of at least 4 members (excludes halogenated alkanes) is 2. The number of para-hydroxylation sites is 1. The Morgan fingerprint density at radius 1 is 0.710 bits per heavy atom. The summed E-state index contributed by atoms with van der Waals surface area (Å²) in [5, 5.41) is 16.3. The van der Waals surface area contributed by atoms with Crippen molar-refractivity contribution in [3.05, 3.63) is 172 Å². The number of ether oxygens (including phenoxy) is 2. The topological polar surface area (TPSA) is 172 Å². The molecule has 10 rings (SSSR count). The molecule has 3 saturated heterocycles. The number of carboxylic acid groups (broad SMARTS) is 1. The highest BCUT2D eigenvalue weighted by Gasteiger charge is 2.50. The molecule has 4 aliphatic rings. The second kappa shape index (κ2) is 35.7. The van der Waals surface area contributed by atoms with Crippen LogP contribution in [0.5, 0.6) is 0 Å². The first-order chi connectivity index (χ1) is 46.4. The molecule has 0 saturated carbocycles. The molecule has 5 amide bonds. The number of likely N-dealkylation sites (tertiary alicyclic amines) is 2. The minimum atomic E-state index is -5.15. The summed E-state index contributed by atoms with van der Waals surface area (Å²) in [5.41, 5.74) is 0.305. The van der Waals surface area contributed by atoms with Gasteiger partial charge in [-0.1, -0.05) is 91.3 Å². The van der Waals surface area contributed by atoms with Crippen molar-refractivity contribution >= 4 is 89.1 Å². The van der Waals surface area contributed by atoms with Crippen LogP contribution in [0.3, 0.4) is 0 Å². The number of likely N-dealkylation sites (N-methyl/N-ethyl adjacent to an activating group) is 3. The van der Waals surface area contributed by atoms with Gasteiger partial charge in [-0.2, -0.15) is 26.3 Å². The average molecular weight is 1480 g/mol. The highest BCUT2D eigenvalue weighted by molar-refractivity contribution is 7.13. The highest BCUT2D eigenvalue weighted by atomic mass is 35.5. The minimum Gasteiger partial charge on any atom is -0.465 e. The number of hydrogen-bond acceptors (Lipinski definition) is 12. The van der Waals surface area contributed by atoms with Crippen molar-refractivity contribution < 1.29 is 69.3 Å². The van der Waals surface area contributed by atoms with Crippen molar-refractivity contribution in [3.8, 4) is 11.1 Å². The average Bonchev–Trinajstić information content (AvgIpc) is 1.58. The van der Waals surface area contributed by atoms with Gasteiger partial charge < -0.3 is 49.3 Å². The van der Waals surface area contributed by atoms with Crippen molar-refractivity contribution in [2.24, 2.45) is 0 Å². The number of halogens is 10. The largest absolute Gasteiger partial charge is 0.465 e. The minimum absolute atomic E-state index is 0. The fraction of sp³-hybridized carbons (Fsp3) is 0.472. The van der Waals surface area contributed by atoms with E-state index in [1.54, 1.807) is 28.8 Å². The Morgan fingerprint density at radius 2 is 1.33 bits per heavy atom. The molecule has 1 aromatic heterocycles. The Morgan fingerprint density at radius 3 is 2.00 bits per heavy atom. The first kappa shape index (κ1) is 80.2. The number of nitrogens with zero attached hydrogens (tertiary/aromatic N) is 8. The number of carbonyl (C=O) groups excluding carboxylic acids is 4. The van der Waals surface area contributed by atoms with Crippen molar-refractivity contribution in [1.82, 2.24) is 34.4 Å². The van der Waals surface area contributed by atoms with Crippen LogP contribution in [0.25, 0.3) is 11.1 Å². The zero-order chi connectivity index (χ0) is 69.1. The molecule has 17 nitrogen and oxygen atoms in total. The van der Waals surface area contributed by atoms with Crippen LogP contribution >= 0.6 is 48.6 Å². The van der Waals surface area contributed by atoms with E-state index in [1.165, 1.54) is 40.5 Å². The lowest BCUT2D eigenvalue weighted by Gasteiger charge is -2.44. The molecule has 100 heavy (non-hydrogen) atoms. The lowest BCUT2D eigenvalue weighted by molar-refractivity contribution is -0.143. The van der Waals surface area contributed by atoms with Crippen LogP contribution in [0.2, 0.25) is 0 Å². The Kier molecular flexibility index (Phi) is 28.6. The number of nitrogens with one attached hydrogen (secondary N) is 1. The van der Waals surface area contributed by atoms with Crippen LogP contribution in [0.15, 0.2) is 127 Å². The zero-order valence-electron chi connectivity index (χ0n) is 56.1. The summed E-state index contributed by atoms with van der Waals surface area (Å²) >= 11 is 1.43. The zero-order valence-corrected chi connectivity index (χ0v) is 59.4. The smallest absolute Gasteiger partial charge is 0.416 e. The number of carbonyl (C=O) groups is 5. The van der Waals surface area contributed by atoms with E-state index in [0.29, 0.717) is 120 Å². The quantitative estimate of drug-likeness (QED) is 0.0370. The molecule has 3 fully saturated rings.